The van der Waals surface area contributed by atoms with E-state index in [0.717, 1.165) is 5.25 Å². The molecule has 0 saturated carbocycles. The van der Waals surface area contributed by atoms with Gasteiger partial charge in [0.1, 0.15) is 0 Å². The number of rotatable bonds is 1. The molecule has 2 heteroatoms. The van der Waals surface area contributed by atoms with Crippen LogP contribution in [0.3, 0.4) is 0 Å². The molecule has 1 aliphatic rings. The number of nitrogens with one attached hydrogen (secondary N) is 1. The molecule has 0 spiro atoms. The second-order valence-corrected chi connectivity index (χ2v) is 7.66. The summed E-state index contributed by atoms with van der Waals surface area (Å²) in [5.41, 5.74) is 0.566. The van der Waals surface area contributed by atoms with Crippen molar-refractivity contribution >= 4 is 16.4 Å². The van der Waals surface area contributed by atoms with Crippen LogP contribution in [0.2, 0.25) is 0 Å². The zero-order valence-corrected chi connectivity index (χ0v) is 10.4. The predicted octanol–water partition coefficient (Wildman–Crippen LogP) is 2.63. The predicted molar refractivity (Wildman–Crippen MR) is 65.0 cm³/mol. The van der Waals surface area contributed by atoms with Gasteiger partial charge in [-0.1, -0.05) is 5.87 Å². The Labute approximate surface area is 85.2 Å². The van der Waals surface area contributed by atoms with E-state index in [1.807, 2.05) is 0 Å². The molecule has 1 N–H and O–H groups in total. The van der Waals surface area contributed by atoms with E-state index in [0.29, 0.717) is 10.5 Å². The average Bonchev–Trinajstić information content (AvgIpc) is 1.79. The molecule has 0 aromatic rings. The maximum atomic E-state index is 4.19. The van der Waals surface area contributed by atoms with Crippen molar-refractivity contribution in [2.75, 3.05) is 6.26 Å². The van der Waals surface area contributed by atoms with Gasteiger partial charge in [-0.15, -0.1) is 0 Å². The van der Waals surface area contributed by atoms with Gasteiger partial charge in [0, 0.05) is 16.3 Å². The molecule has 1 rings (SSSR count). The molecule has 0 amide bonds. The molecule has 0 aromatic carbocycles. The standard InChI is InChI=1S/C11H23NS/c1-10(2)7-9(13(5)6)8-11(3,4)12-10/h9,12H,5,7-8H2,1-4,6H3. The maximum Gasteiger partial charge on any atom is 0.0140 e. The summed E-state index contributed by atoms with van der Waals surface area (Å²) in [4.78, 5) is 0. The monoisotopic (exact) mass is 201 g/mol. The van der Waals surface area contributed by atoms with Crippen LogP contribution in [-0.2, 0) is 0 Å². The van der Waals surface area contributed by atoms with Gasteiger partial charge in [-0.25, -0.2) is 0 Å². The van der Waals surface area contributed by atoms with Crippen LogP contribution < -0.4 is 5.32 Å². The molecular weight excluding hydrogens is 178 g/mol. The Hall–Kier alpha value is 0.180. The first-order chi connectivity index (χ1) is 5.72. The lowest BCUT2D eigenvalue weighted by atomic mass is 9.82. The van der Waals surface area contributed by atoms with Crippen molar-refractivity contribution in [3.63, 3.8) is 0 Å². The summed E-state index contributed by atoms with van der Waals surface area (Å²) in [6, 6.07) is 0. The van der Waals surface area contributed by atoms with Gasteiger partial charge in [0.2, 0.25) is 0 Å². The Balaban J connectivity index is 2.78. The fourth-order valence-electron chi connectivity index (χ4n) is 2.51. The van der Waals surface area contributed by atoms with Crippen LogP contribution in [0, 0.1) is 0 Å². The fourth-order valence-corrected chi connectivity index (χ4v) is 3.92. The van der Waals surface area contributed by atoms with Crippen LogP contribution in [0.5, 0.6) is 0 Å². The minimum Gasteiger partial charge on any atom is -0.307 e. The van der Waals surface area contributed by atoms with Gasteiger partial charge in [0.05, 0.1) is 0 Å². The molecule has 0 aromatic heterocycles. The van der Waals surface area contributed by atoms with Crippen molar-refractivity contribution in [2.24, 2.45) is 0 Å². The topological polar surface area (TPSA) is 12.0 Å². The van der Waals surface area contributed by atoms with Gasteiger partial charge >= 0.3 is 0 Å². The molecule has 0 bridgehead atoms. The summed E-state index contributed by atoms with van der Waals surface area (Å²) in [5, 5.41) is 4.49. The van der Waals surface area contributed by atoms with E-state index in [1.165, 1.54) is 12.8 Å². The van der Waals surface area contributed by atoms with Crippen LogP contribution in [-0.4, -0.2) is 28.5 Å². The summed E-state index contributed by atoms with van der Waals surface area (Å²) >= 11 is 0. The Morgan fingerprint density at radius 1 is 1.15 bits per heavy atom. The molecule has 1 heterocycles. The quantitative estimate of drug-likeness (QED) is 0.643. The zero-order valence-electron chi connectivity index (χ0n) is 9.61. The smallest absolute Gasteiger partial charge is 0.0140 e. The molecule has 1 atom stereocenters. The Bertz CT molecular complexity index is 202. The largest absolute Gasteiger partial charge is 0.307 e. The molecule has 0 radical (unpaired) electrons. The van der Waals surface area contributed by atoms with Gasteiger partial charge in [-0.05, 0) is 46.8 Å². The minimum absolute atomic E-state index is 0.283. The first kappa shape index (κ1) is 11.3. The highest BCUT2D eigenvalue weighted by molar-refractivity contribution is 8.14. The van der Waals surface area contributed by atoms with Crippen LogP contribution >= 0.6 is 10.5 Å². The van der Waals surface area contributed by atoms with E-state index in [9.17, 15) is 0 Å². The summed E-state index contributed by atoms with van der Waals surface area (Å²) in [6.07, 6.45) is 4.79. The molecule has 78 valence electrons. The lowest BCUT2D eigenvalue weighted by Crippen LogP contribution is -2.58. The fraction of sp³-hybridized carbons (Fsp3) is 0.909. The molecule has 0 aliphatic carbocycles. The first-order valence-corrected chi connectivity index (χ1v) is 6.82. The molecule has 13 heavy (non-hydrogen) atoms. The third-order valence-electron chi connectivity index (χ3n) is 2.72. The second kappa shape index (κ2) is 3.39. The van der Waals surface area contributed by atoms with Crippen molar-refractivity contribution in [3.05, 3.63) is 0 Å². The van der Waals surface area contributed by atoms with Crippen molar-refractivity contribution in [3.8, 4) is 0 Å². The van der Waals surface area contributed by atoms with Gasteiger partial charge in [-0.3, -0.25) is 0 Å². The molecule has 1 aliphatic heterocycles. The zero-order chi connectivity index (χ0) is 10.3. The van der Waals surface area contributed by atoms with E-state index in [-0.39, 0.29) is 11.1 Å². The van der Waals surface area contributed by atoms with E-state index < -0.39 is 0 Å². The van der Waals surface area contributed by atoms with Crippen molar-refractivity contribution in [2.45, 2.75) is 56.9 Å². The van der Waals surface area contributed by atoms with Crippen molar-refractivity contribution in [1.82, 2.24) is 5.32 Å². The van der Waals surface area contributed by atoms with E-state index in [4.69, 9.17) is 0 Å². The summed E-state index contributed by atoms with van der Waals surface area (Å²) in [6.45, 7) is 9.20. The first-order valence-electron chi connectivity index (χ1n) is 4.96. The van der Waals surface area contributed by atoms with Crippen LogP contribution in [0.25, 0.3) is 0 Å². The van der Waals surface area contributed by atoms with Crippen molar-refractivity contribution < 1.29 is 0 Å². The Morgan fingerprint density at radius 2 is 1.54 bits per heavy atom. The lowest BCUT2D eigenvalue weighted by Gasteiger charge is -2.47. The van der Waals surface area contributed by atoms with E-state index in [2.05, 4.69) is 45.1 Å². The molecular formula is C11H23NS. The van der Waals surface area contributed by atoms with Gasteiger partial charge in [0.25, 0.3) is 0 Å². The van der Waals surface area contributed by atoms with E-state index >= 15 is 0 Å². The lowest BCUT2D eigenvalue weighted by molar-refractivity contribution is 0.188. The maximum absolute atomic E-state index is 4.19. The Kier molecular flexibility index (Phi) is 2.94. The highest BCUT2D eigenvalue weighted by atomic mass is 32.2. The molecule has 1 fully saturated rings. The minimum atomic E-state index is 0.283. The average molecular weight is 201 g/mol. The third-order valence-corrected chi connectivity index (χ3v) is 4.19. The summed E-state index contributed by atoms with van der Waals surface area (Å²) < 4.78 is 0. The number of piperidine rings is 1. The van der Waals surface area contributed by atoms with Gasteiger partial charge < -0.3 is 5.32 Å². The second-order valence-electron chi connectivity index (χ2n) is 5.61. The van der Waals surface area contributed by atoms with Crippen LogP contribution in [0.1, 0.15) is 40.5 Å². The van der Waals surface area contributed by atoms with Gasteiger partial charge in [-0.2, -0.15) is 10.5 Å². The Morgan fingerprint density at radius 3 is 1.85 bits per heavy atom. The summed E-state index contributed by atoms with van der Waals surface area (Å²) in [5.74, 6) is 4.19. The molecule has 1 saturated heterocycles. The van der Waals surface area contributed by atoms with Gasteiger partial charge in [0.15, 0.2) is 0 Å². The van der Waals surface area contributed by atoms with Crippen molar-refractivity contribution in [1.29, 1.82) is 0 Å². The third kappa shape index (κ3) is 3.10. The van der Waals surface area contributed by atoms with E-state index in [1.54, 1.807) is 0 Å². The number of hydrogen-bond donors (Lipinski definition) is 1. The SMILES string of the molecule is C=S(C)C1CC(C)(C)NC(C)(C)C1. The normalized spacial score (nSPS) is 29.9. The number of hydrogen-bond acceptors (Lipinski definition) is 1. The molecule has 1 nitrogen and oxygen atoms in total. The van der Waals surface area contributed by atoms with Crippen LogP contribution in [0.4, 0.5) is 0 Å². The highest BCUT2D eigenvalue weighted by Crippen LogP contribution is 2.36. The molecule has 1 unspecified atom stereocenters. The summed E-state index contributed by atoms with van der Waals surface area (Å²) in [7, 11) is 0.315. The van der Waals surface area contributed by atoms with Crippen LogP contribution in [0.15, 0.2) is 0 Å². The highest BCUT2D eigenvalue weighted by Gasteiger charge is 2.37.